The Balaban J connectivity index is 0.00000338. The Morgan fingerprint density at radius 1 is 0.880 bits per heavy atom. The summed E-state index contributed by atoms with van der Waals surface area (Å²) in [5.74, 6) is -0.425. The molecule has 1 unspecified atom stereocenters. The molecule has 2 aliphatic rings. The Hall–Kier alpha value is -3.43. The van der Waals surface area contributed by atoms with Gasteiger partial charge in [-0.25, -0.2) is 4.39 Å². The number of carbonyl (C=O) groups excluding carboxylic acids is 1. The quantitative estimate of drug-likeness (QED) is 0.207. The molecule has 0 radical (unpaired) electrons. The maximum Gasteiger partial charge on any atom is 0.422 e. The van der Waals surface area contributed by atoms with E-state index in [-0.39, 0.29) is 91.6 Å². The summed E-state index contributed by atoms with van der Waals surface area (Å²) >= 11 is 0. The average molecular weight is 749 g/mol. The van der Waals surface area contributed by atoms with E-state index in [1.807, 2.05) is 41.3 Å². The van der Waals surface area contributed by atoms with Gasteiger partial charge in [0.1, 0.15) is 13.3 Å². The standard InChI is InChI=1S/C34H41F4N5O5.2ClH/c1-45-17-13-29(44)42-15-16-43-26(20-42)19-41(22-28(43)30(24-9-5-3-6-10-24)25-11-7-4-8-12-25)21-27-31(46-2)39-33(47-18-14-35)40-32(27)48-23-34(36,37)38;;/h3-12,26,28,30H,13-23H2,1-2H3;2*1H/t26-,28?;;/m1../s1. The molecule has 16 heteroatoms. The lowest BCUT2D eigenvalue weighted by Gasteiger charge is -2.53. The summed E-state index contributed by atoms with van der Waals surface area (Å²) in [6.07, 6.45) is -4.36. The number of nitrogens with zero attached hydrogens (tertiary/aromatic N) is 5. The van der Waals surface area contributed by atoms with Crippen molar-refractivity contribution in [2.45, 2.75) is 37.1 Å². The molecule has 3 heterocycles. The number of methoxy groups -OCH3 is 2. The summed E-state index contributed by atoms with van der Waals surface area (Å²) in [6.45, 7) is 0.350. The van der Waals surface area contributed by atoms with Crippen LogP contribution in [0.15, 0.2) is 60.7 Å². The predicted molar refractivity (Wildman–Crippen MR) is 183 cm³/mol. The summed E-state index contributed by atoms with van der Waals surface area (Å²) < 4.78 is 73.8. The van der Waals surface area contributed by atoms with Crippen LogP contribution in [0.4, 0.5) is 17.6 Å². The average Bonchev–Trinajstić information content (AvgIpc) is 3.09. The van der Waals surface area contributed by atoms with Gasteiger partial charge in [0, 0.05) is 64.4 Å². The third-order valence-corrected chi connectivity index (χ3v) is 8.61. The van der Waals surface area contributed by atoms with Gasteiger partial charge in [-0.05, 0) is 11.1 Å². The molecule has 3 aromatic rings. The van der Waals surface area contributed by atoms with Crippen molar-refractivity contribution in [2.75, 3.05) is 73.4 Å². The zero-order chi connectivity index (χ0) is 34.1. The minimum atomic E-state index is -4.63. The topological polar surface area (TPSA) is 89.5 Å². The van der Waals surface area contributed by atoms with Crippen molar-refractivity contribution < 1.29 is 41.3 Å². The van der Waals surface area contributed by atoms with Crippen LogP contribution in [-0.2, 0) is 16.1 Å². The van der Waals surface area contributed by atoms with Gasteiger partial charge >= 0.3 is 12.2 Å². The van der Waals surface area contributed by atoms with Gasteiger partial charge in [0.25, 0.3) is 0 Å². The molecular weight excluding hydrogens is 705 g/mol. The number of alkyl halides is 4. The van der Waals surface area contributed by atoms with Crippen molar-refractivity contribution >= 4 is 30.7 Å². The molecule has 2 fully saturated rings. The van der Waals surface area contributed by atoms with Crippen molar-refractivity contribution in [2.24, 2.45) is 0 Å². The normalized spacial score (nSPS) is 18.1. The first kappa shape index (κ1) is 41.0. The highest BCUT2D eigenvalue weighted by Crippen LogP contribution is 2.38. The number of halogens is 6. The molecule has 0 bridgehead atoms. The smallest absolute Gasteiger partial charge is 0.422 e. The minimum absolute atomic E-state index is 0. The second kappa shape index (κ2) is 19.3. The molecule has 1 aromatic heterocycles. The summed E-state index contributed by atoms with van der Waals surface area (Å²) in [4.78, 5) is 27.8. The predicted octanol–water partition coefficient (Wildman–Crippen LogP) is 5.18. The molecule has 0 spiro atoms. The minimum Gasteiger partial charge on any atom is -0.481 e. The third kappa shape index (κ3) is 10.5. The van der Waals surface area contributed by atoms with Crippen LogP contribution in [0.25, 0.3) is 0 Å². The van der Waals surface area contributed by atoms with E-state index in [1.54, 1.807) is 7.11 Å². The number of piperazine rings is 2. The highest BCUT2D eigenvalue weighted by Gasteiger charge is 2.43. The molecule has 5 rings (SSSR count). The Bertz CT molecular complexity index is 1440. The SMILES string of the molecule is COCCC(=O)N1CCN2C(C(c3ccccc3)c3ccccc3)CN(Cc3c(OC)nc(OCCF)nc3OCC(F)(F)F)C[C@@H]2C1.Cl.Cl. The van der Waals surface area contributed by atoms with Gasteiger partial charge in [-0.3, -0.25) is 14.6 Å². The zero-order valence-corrected chi connectivity index (χ0v) is 29.5. The van der Waals surface area contributed by atoms with E-state index in [2.05, 4.69) is 44.0 Å². The first-order valence-corrected chi connectivity index (χ1v) is 15.9. The van der Waals surface area contributed by atoms with Gasteiger partial charge < -0.3 is 23.8 Å². The number of ether oxygens (including phenoxy) is 4. The Labute approximate surface area is 301 Å². The van der Waals surface area contributed by atoms with Gasteiger partial charge in [-0.2, -0.15) is 23.1 Å². The Morgan fingerprint density at radius 2 is 1.52 bits per heavy atom. The van der Waals surface area contributed by atoms with Crippen LogP contribution in [0.5, 0.6) is 17.8 Å². The van der Waals surface area contributed by atoms with Crippen LogP contribution in [0.3, 0.4) is 0 Å². The molecule has 10 nitrogen and oxygen atoms in total. The number of benzene rings is 2. The molecule has 2 atom stereocenters. The lowest BCUT2D eigenvalue weighted by atomic mass is 9.81. The van der Waals surface area contributed by atoms with E-state index >= 15 is 0 Å². The summed E-state index contributed by atoms with van der Waals surface area (Å²) in [7, 11) is 2.90. The molecule has 276 valence electrons. The van der Waals surface area contributed by atoms with Crippen molar-refractivity contribution in [3.05, 3.63) is 77.4 Å². The van der Waals surface area contributed by atoms with Crippen LogP contribution in [0.2, 0.25) is 0 Å². The number of carbonyl (C=O) groups is 1. The number of aromatic nitrogens is 2. The van der Waals surface area contributed by atoms with Crippen molar-refractivity contribution in [1.82, 2.24) is 24.7 Å². The maximum atomic E-state index is 13.3. The molecule has 1 amide bonds. The van der Waals surface area contributed by atoms with E-state index in [4.69, 9.17) is 18.9 Å². The number of hydrogen-bond acceptors (Lipinski definition) is 9. The fourth-order valence-corrected chi connectivity index (χ4v) is 6.58. The van der Waals surface area contributed by atoms with Crippen LogP contribution in [-0.4, -0.2) is 122 Å². The number of rotatable bonds is 14. The fraction of sp³-hybridized carbons (Fsp3) is 0.500. The van der Waals surface area contributed by atoms with Gasteiger partial charge in [-0.1, -0.05) is 60.7 Å². The highest BCUT2D eigenvalue weighted by atomic mass is 35.5. The molecule has 2 saturated heterocycles. The lowest BCUT2D eigenvalue weighted by molar-refractivity contribution is -0.154. The summed E-state index contributed by atoms with van der Waals surface area (Å²) in [5, 5.41) is 0. The van der Waals surface area contributed by atoms with Crippen molar-refractivity contribution in [3.8, 4) is 17.8 Å². The molecule has 50 heavy (non-hydrogen) atoms. The number of fused-ring (bicyclic) bond motifs is 1. The van der Waals surface area contributed by atoms with Crippen molar-refractivity contribution in [1.29, 1.82) is 0 Å². The van der Waals surface area contributed by atoms with E-state index in [0.29, 0.717) is 39.3 Å². The number of amides is 1. The second-order valence-electron chi connectivity index (χ2n) is 11.8. The van der Waals surface area contributed by atoms with Crippen molar-refractivity contribution in [3.63, 3.8) is 0 Å². The molecule has 2 aliphatic heterocycles. The molecule has 0 aliphatic carbocycles. The van der Waals surface area contributed by atoms with Gasteiger partial charge in [0.05, 0.1) is 25.7 Å². The lowest BCUT2D eigenvalue weighted by Crippen LogP contribution is -2.67. The molecule has 2 aromatic carbocycles. The van der Waals surface area contributed by atoms with E-state index in [1.165, 1.54) is 7.11 Å². The molecular formula is C34H43Cl2F4N5O5. The Morgan fingerprint density at radius 3 is 2.10 bits per heavy atom. The van der Waals surface area contributed by atoms with Crippen LogP contribution in [0.1, 0.15) is 29.0 Å². The fourth-order valence-electron chi connectivity index (χ4n) is 6.58. The largest absolute Gasteiger partial charge is 0.481 e. The van der Waals surface area contributed by atoms with E-state index in [9.17, 15) is 22.4 Å². The first-order chi connectivity index (χ1) is 23.2. The van der Waals surface area contributed by atoms with Gasteiger partial charge in [0.15, 0.2) is 6.61 Å². The van der Waals surface area contributed by atoms with E-state index in [0.717, 1.165) is 11.1 Å². The molecule has 0 N–H and O–H groups in total. The van der Waals surface area contributed by atoms with Crippen LogP contribution >= 0.6 is 24.8 Å². The van der Waals surface area contributed by atoms with Gasteiger partial charge in [0.2, 0.25) is 17.7 Å². The Kier molecular flexibility index (Phi) is 15.8. The highest BCUT2D eigenvalue weighted by molar-refractivity contribution is 5.85. The second-order valence-corrected chi connectivity index (χ2v) is 11.8. The monoisotopic (exact) mass is 747 g/mol. The molecule has 0 saturated carbocycles. The van der Waals surface area contributed by atoms with Crippen LogP contribution < -0.4 is 14.2 Å². The zero-order valence-electron chi connectivity index (χ0n) is 27.9. The maximum absolute atomic E-state index is 13.3. The first-order valence-electron chi connectivity index (χ1n) is 15.9. The summed E-state index contributed by atoms with van der Waals surface area (Å²) in [6, 6.07) is 19.9. The third-order valence-electron chi connectivity index (χ3n) is 8.61. The number of hydrogen-bond donors (Lipinski definition) is 0. The van der Waals surface area contributed by atoms with Crippen LogP contribution in [0, 0.1) is 0 Å². The van der Waals surface area contributed by atoms with E-state index < -0.39 is 19.5 Å². The van der Waals surface area contributed by atoms with Gasteiger partial charge in [-0.15, -0.1) is 24.8 Å². The summed E-state index contributed by atoms with van der Waals surface area (Å²) in [5.41, 5.74) is 2.45.